The van der Waals surface area contributed by atoms with Crippen LogP contribution in [0.4, 0.5) is 0 Å². The van der Waals surface area contributed by atoms with Crippen LogP contribution in [0, 0.1) is 16.7 Å². The van der Waals surface area contributed by atoms with E-state index in [0.717, 1.165) is 0 Å². The number of Topliss-reactive ketones (excluding diaryl/α,β-unsaturated/α-hetero) is 1. The number of nitrogens with one attached hydrogen (secondary N) is 1. The monoisotopic (exact) mass is 1180 g/mol. The van der Waals surface area contributed by atoms with Gasteiger partial charge in [-0.15, -0.1) is 0 Å². The molecular weight excluding hydrogens is 1110 g/mol. The molecule has 3 fully saturated rings. The van der Waals surface area contributed by atoms with Crippen molar-refractivity contribution in [2.24, 2.45) is 16.7 Å². The van der Waals surface area contributed by atoms with Crippen LogP contribution in [0.25, 0.3) is 0 Å². The average molecular weight is 1190 g/mol. The third kappa shape index (κ3) is 11.5. The number of ketones is 1. The minimum Gasteiger partial charge on any atom is -0.482 e. The standard InChI is InChI=1S/C63H79Cl2NO13Si2/c1-14-81(15-2,16-3)78-47-35-48-62(37-73-48,77-45-32-24-31-44(65)34-45)53-55(76-57(70)42-29-23-30-43(64)33-42)63(72)36-46(38(4)49(60(63,9)10)51(74-39(5)67)54(68)61(47,53)11)75-58(71)52(79-80(12,13)59(6,7)8)50(40-25-19-17-20-26-40)66-56(69)41-27-21-18-22-28-41/h17-34,46-48,50-53,55,72H,14-16,35-37H2,1-13H3,(H,66,69)/t46-,47-,48+,50-,51+,52+,53?,55?,61+,62-,63+/m0/s1. The largest absolute Gasteiger partial charge is 0.482 e. The predicted octanol–water partition coefficient (Wildman–Crippen LogP) is 12.6. The molecule has 4 aromatic rings. The second kappa shape index (κ2) is 23.5. The van der Waals surface area contributed by atoms with E-state index in [1.807, 2.05) is 39.9 Å². The molecular formula is C63H79Cl2NO13Si2. The molecule has 8 rings (SSSR count). The highest BCUT2D eigenvalue weighted by Gasteiger charge is 2.79. The van der Waals surface area contributed by atoms with Gasteiger partial charge in [0.05, 0.1) is 35.6 Å². The number of aliphatic hydroxyl groups is 1. The van der Waals surface area contributed by atoms with Crippen molar-refractivity contribution in [3.8, 4) is 5.75 Å². The molecule has 4 aliphatic rings. The highest BCUT2D eigenvalue weighted by molar-refractivity contribution is 6.74. The number of ether oxygens (including phenoxy) is 5. The lowest BCUT2D eigenvalue weighted by molar-refractivity contribution is -0.333. The fraction of sp³-hybridized carbons (Fsp3) is 0.508. The van der Waals surface area contributed by atoms with Crippen LogP contribution in [0.3, 0.4) is 0 Å². The van der Waals surface area contributed by atoms with Crippen LogP contribution in [-0.2, 0) is 42.2 Å². The van der Waals surface area contributed by atoms with E-state index in [-0.39, 0.29) is 29.2 Å². The number of rotatable bonds is 18. The zero-order valence-electron chi connectivity index (χ0n) is 48.9. The van der Waals surface area contributed by atoms with Crippen molar-refractivity contribution < 1.29 is 61.6 Å². The minimum absolute atomic E-state index is 0.0573. The second-order valence-corrected chi connectivity index (χ2v) is 35.0. The molecule has 81 heavy (non-hydrogen) atoms. The van der Waals surface area contributed by atoms with Crippen molar-refractivity contribution >= 4 is 69.4 Å². The molecule has 11 atom stereocenters. The molecule has 436 valence electrons. The van der Waals surface area contributed by atoms with Gasteiger partial charge in [0.25, 0.3) is 5.91 Å². The molecule has 2 saturated carbocycles. The highest BCUT2D eigenvalue weighted by Crippen LogP contribution is 2.65. The van der Waals surface area contributed by atoms with E-state index in [9.17, 15) is 14.7 Å². The predicted molar refractivity (Wildman–Crippen MR) is 315 cm³/mol. The van der Waals surface area contributed by atoms with Gasteiger partial charge in [0.1, 0.15) is 29.7 Å². The quantitative estimate of drug-likeness (QED) is 0.0416. The third-order valence-electron chi connectivity index (χ3n) is 18.8. The van der Waals surface area contributed by atoms with Crippen molar-refractivity contribution in [3.63, 3.8) is 0 Å². The number of halogens is 2. The molecule has 1 amide bonds. The van der Waals surface area contributed by atoms with Crippen LogP contribution in [0.5, 0.6) is 5.75 Å². The molecule has 1 saturated heterocycles. The first-order valence-corrected chi connectivity index (χ1v) is 34.4. The molecule has 0 spiro atoms. The normalized spacial score (nSPS) is 27.9. The summed E-state index contributed by atoms with van der Waals surface area (Å²) in [5.74, 6) is -4.65. The van der Waals surface area contributed by atoms with E-state index in [1.165, 1.54) is 13.0 Å². The Morgan fingerprint density at radius 2 is 1.41 bits per heavy atom. The van der Waals surface area contributed by atoms with Gasteiger partial charge in [-0.2, -0.15) is 0 Å². The van der Waals surface area contributed by atoms with Gasteiger partial charge in [-0.05, 0) is 115 Å². The molecule has 18 heteroatoms. The lowest BCUT2D eigenvalue weighted by Gasteiger charge is -2.68. The number of esters is 3. The molecule has 0 radical (unpaired) electrons. The number of carbonyl (C=O) groups excluding carboxylic acids is 5. The lowest BCUT2D eigenvalue weighted by atomic mass is 9.44. The Kier molecular flexibility index (Phi) is 17.9. The Balaban J connectivity index is 1.39. The zero-order valence-corrected chi connectivity index (χ0v) is 52.4. The van der Waals surface area contributed by atoms with Crippen molar-refractivity contribution in [3.05, 3.63) is 147 Å². The molecule has 2 bridgehead atoms. The van der Waals surface area contributed by atoms with E-state index in [4.69, 9.17) is 55.7 Å². The molecule has 4 aromatic carbocycles. The fourth-order valence-corrected chi connectivity index (χ4v) is 17.3. The van der Waals surface area contributed by atoms with E-state index in [0.29, 0.717) is 45.6 Å². The van der Waals surface area contributed by atoms with Gasteiger partial charge < -0.3 is 43.0 Å². The summed E-state index contributed by atoms with van der Waals surface area (Å²) in [7, 11) is -5.63. The first-order valence-electron chi connectivity index (χ1n) is 28.2. The maximum absolute atomic E-state index is 16.9. The first-order chi connectivity index (χ1) is 38.0. The summed E-state index contributed by atoms with van der Waals surface area (Å²) in [5.41, 5.74) is -5.89. The van der Waals surface area contributed by atoms with Crippen molar-refractivity contribution in [1.29, 1.82) is 0 Å². The van der Waals surface area contributed by atoms with E-state index in [2.05, 4.69) is 26.1 Å². The van der Waals surface area contributed by atoms with Gasteiger partial charge in [-0.1, -0.05) is 139 Å². The van der Waals surface area contributed by atoms with Crippen LogP contribution < -0.4 is 10.1 Å². The smallest absolute Gasteiger partial charge is 0.338 e. The Morgan fingerprint density at radius 1 is 0.815 bits per heavy atom. The van der Waals surface area contributed by atoms with Crippen molar-refractivity contribution in [2.45, 2.75) is 179 Å². The molecule has 2 N–H and O–H groups in total. The van der Waals surface area contributed by atoms with Gasteiger partial charge in [-0.3, -0.25) is 14.4 Å². The second-order valence-electron chi connectivity index (χ2n) is 24.7. The summed E-state index contributed by atoms with van der Waals surface area (Å²) in [6.45, 7) is 24.3. The van der Waals surface area contributed by atoms with Crippen molar-refractivity contribution in [2.75, 3.05) is 6.61 Å². The Bertz CT molecular complexity index is 3030. The van der Waals surface area contributed by atoms with E-state index >= 15 is 14.4 Å². The molecule has 1 aliphatic heterocycles. The zero-order chi connectivity index (χ0) is 59.3. The van der Waals surface area contributed by atoms with Crippen LogP contribution in [0.15, 0.2) is 120 Å². The number of hydrogen-bond donors (Lipinski definition) is 2. The Hall–Kier alpha value is -5.18. The first kappa shape index (κ1) is 61.9. The minimum atomic E-state index is -2.96. The number of benzene rings is 4. The number of hydrogen-bond acceptors (Lipinski definition) is 13. The van der Waals surface area contributed by atoms with Crippen LogP contribution in [0.2, 0.25) is 46.3 Å². The molecule has 2 unspecified atom stereocenters. The van der Waals surface area contributed by atoms with Gasteiger partial charge in [0.15, 0.2) is 40.2 Å². The summed E-state index contributed by atoms with van der Waals surface area (Å²) >= 11 is 13.2. The summed E-state index contributed by atoms with van der Waals surface area (Å²) in [6, 6.07) is 31.6. The topological polar surface area (TPSA) is 182 Å². The van der Waals surface area contributed by atoms with Crippen LogP contribution in [0.1, 0.15) is 121 Å². The SMILES string of the molecule is CC[Si](CC)(CC)O[C@H]1C[C@H]2OC[C@@]2(Oc2cccc(Cl)c2)C2C(OC(=O)c3cccc(Cl)c3)[C@]3(O)C[C@H](OC(=O)[C@H](O[Si](C)(C)C(C)(C)C)[C@@H](NC(=O)c4ccccc4)c4ccccc4)C(C)=C([C@@H](OC(C)=O)C(=O)[C@@]21C)C3(C)C. The molecule has 3 aliphatic carbocycles. The van der Waals surface area contributed by atoms with Gasteiger partial charge >= 0.3 is 17.9 Å². The Labute approximate surface area is 489 Å². The van der Waals surface area contributed by atoms with Crippen LogP contribution in [-0.4, -0.2) is 106 Å². The number of carbonyl (C=O) groups is 5. The van der Waals surface area contributed by atoms with E-state index in [1.54, 1.807) is 125 Å². The lowest BCUT2D eigenvalue weighted by Crippen LogP contribution is -2.83. The summed E-state index contributed by atoms with van der Waals surface area (Å²) < 4.78 is 48.5. The van der Waals surface area contributed by atoms with Crippen LogP contribution >= 0.6 is 23.2 Å². The number of fused-ring (bicyclic) bond motifs is 5. The third-order valence-corrected chi connectivity index (χ3v) is 28.4. The molecule has 14 nitrogen and oxygen atoms in total. The Morgan fingerprint density at radius 3 is 1.96 bits per heavy atom. The highest BCUT2D eigenvalue weighted by atomic mass is 35.5. The van der Waals surface area contributed by atoms with E-state index < -0.39 is 128 Å². The summed E-state index contributed by atoms with van der Waals surface area (Å²) in [6.07, 6.45) is -8.36. The fourth-order valence-electron chi connectivity index (χ4n) is 12.8. The van der Waals surface area contributed by atoms with Gasteiger partial charge in [0.2, 0.25) is 0 Å². The van der Waals surface area contributed by atoms with Crippen molar-refractivity contribution in [1.82, 2.24) is 5.32 Å². The van der Waals surface area contributed by atoms with Gasteiger partial charge in [0, 0.05) is 40.8 Å². The van der Waals surface area contributed by atoms with Gasteiger partial charge in [-0.25, -0.2) is 9.59 Å². The number of amides is 1. The molecule has 0 aromatic heterocycles. The molecule has 1 heterocycles. The summed E-state index contributed by atoms with van der Waals surface area (Å²) in [5, 5.41) is 18.0. The maximum Gasteiger partial charge on any atom is 0.338 e. The summed E-state index contributed by atoms with van der Waals surface area (Å²) in [4.78, 5) is 76.1. The maximum atomic E-state index is 16.9. The average Bonchev–Trinajstić information content (AvgIpc) is 0.804.